The molecule has 0 aliphatic heterocycles. The van der Waals surface area contributed by atoms with Crippen LogP contribution >= 0.6 is 0 Å². The molecule has 9 aromatic rings. The van der Waals surface area contributed by atoms with E-state index in [0.29, 0.717) is 10.8 Å². The summed E-state index contributed by atoms with van der Waals surface area (Å²) < 4.78 is 1.64. The van der Waals surface area contributed by atoms with Gasteiger partial charge in [-0.05, 0) is 123 Å². The van der Waals surface area contributed by atoms with Crippen molar-refractivity contribution in [2.24, 2.45) is 0 Å². The first-order valence-electron chi connectivity index (χ1n) is 19.2. The highest BCUT2D eigenvalue weighted by molar-refractivity contribution is 6.50. The molecular weight excluding hydrogens is 635 g/mol. The third kappa shape index (κ3) is 4.38. The van der Waals surface area contributed by atoms with Crippen molar-refractivity contribution in [3.63, 3.8) is 0 Å². The van der Waals surface area contributed by atoms with Gasteiger partial charge in [0.15, 0.2) is 0 Å². The molecular formula is C49H47NO2. The van der Waals surface area contributed by atoms with Crippen molar-refractivity contribution in [3.8, 4) is 22.3 Å². The highest BCUT2D eigenvalue weighted by atomic mass is 16.2. The Hall–Kier alpha value is -5.02. The van der Waals surface area contributed by atoms with Crippen molar-refractivity contribution in [1.29, 1.82) is 0 Å². The lowest BCUT2D eigenvalue weighted by Gasteiger charge is -2.24. The van der Waals surface area contributed by atoms with Crippen LogP contribution in [0.2, 0.25) is 0 Å². The van der Waals surface area contributed by atoms with Crippen LogP contribution in [0.1, 0.15) is 98.2 Å². The van der Waals surface area contributed by atoms with Gasteiger partial charge in [-0.3, -0.25) is 14.2 Å². The van der Waals surface area contributed by atoms with E-state index in [9.17, 15) is 0 Å². The largest absolute Gasteiger partial charge is 0.271 e. The predicted octanol–water partition coefficient (Wildman–Crippen LogP) is 12.9. The molecule has 0 saturated heterocycles. The van der Waals surface area contributed by atoms with Gasteiger partial charge < -0.3 is 0 Å². The molecule has 0 radical (unpaired) electrons. The SMILES string of the molecule is CCCC(CCC)n1c(=O)c2c3cc(-c4ccccc4C(C)(C)C)c4ccc5ccc6c(-c7ccccc7C(C)(C)C)cc(c2c1=O)c1c6c5c4c31. The van der Waals surface area contributed by atoms with Crippen molar-refractivity contribution >= 4 is 64.6 Å². The lowest BCUT2D eigenvalue weighted by Crippen LogP contribution is -2.30. The minimum atomic E-state index is -0.136. The van der Waals surface area contributed by atoms with E-state index in [-0.39, 0.29) is 28.0 Å². The third-order valence-electron chi connectivity index (χ3n) is 11.9. The van der Waals surface area contributed by atoms with Crippen LogP contribution in [0.3, 0.4) is 0 Å². The molecule has 0 saturated carbocycles. The van der Waals surface area contributed by atoms with Gasteiger partial charge in [0.05, 0.1) is 10.8 Å². The maximum atomic E-state index is 15.1. The van der Waals surface area contributed by atoms with E-state index >= 15 is 9.59 Å². The Morgan fingerprint density at radius 1 is 0.481 bits per heavy atom. The van der Waals surface area contributed by atoms with Crippen molar-refractivity contribution in [1.82, 2.24) is 4.57 Å². The smallest absolute Gasteiger partial charge is 0.262 e. The Balaban J connectivity index is 1.58. The van der Waals surface area contributed by atoms with Crippen LogP contribution in [-0.4, -0.2) is 4.57 Å². The van der Waals surface area contributed by atoms with E-state index in [1.165, 1.54) is 54.6 Å². The number of hydrogen-bond donors (Lipinski definition) is 0. The lowest BCUT2D eigenvalue weighted by molar-refractivity contribution is 0.413. The monoisotopic (exact) mass is 681 g/mol. The highest BCUT2D eigenvalue weighted by Gasteiger charge is 2.32. The fourth-order valence-electron chi connectivity index (χ4n) is 9.79. The van der Waals surface area contributed by atoms with Crippen molar-refractivity contribution in [3.05, 3.63) is 117 Å². The van der Waals surface area contributed by atoms with Gasteiger partial charge in [-0.25, -0.2) is 0 Å². The minimum Gasteiger partial charge on any atom is -0.271 e. The fourth-order valence-corrected chi connectivity index (χ4v) is 9.79. The number of benzene rings is 7. The third-order valence-corrected chi connectivity index (χ3v) is 11.9. The van der Waals surface area contributed by atoms with Gasteiger partial charge >= 0.3 is 0 Å². The number of hydrogen-bond acceptors (Lipinski definition) is 2. The van der Waals surface area contributed by atoms with Crippen LogP contribution in [0.5, 0.6) is 0 Å². The number of rotatable bonds is 7. The Morgan fingerprint density at radius 2 is 0.885 bits per heavy atom. The molecule has 0 aliphatic carbocycles. The average Bonchev–Trinajstić information content (AvgIpc) is 3.61. The Bertz CT molecular complexity index is 2740. The van der Waals surface area contributed by atoms with Gasteiger partial charge in [0.25, 0.3) is 11.1 Å². The summed E-state index contributed by atoms with van der Waals surface area (Å²) in [7, 11) is 0. The van der Waals surface area contributed by atoms with E-state index in [4.69, 9.17) is 0 Å². The van der Waals surface area contributed by atoms with Gasteiger partial charge in [0.1, 0.15) is 0 Å². The summed E-state index contributed by atoms with van der Waals surface area (Å²) in [6.45, 7) is 17.9. The minimum absolute atomic E-state index is 0.0948. The molecule has 0 unspecified atom stereocenters. The highest BCUT2D eigenvalue weighted by Crippen LogP contribution is 2.54. The lowest BCUT2D eigenvalue weighted by atomic mass is 9.80. The topological polar surface area (TPSA) is 39.1 Å². The van der Waals surface area contributed by atoms with Crippen LogP contribution in [0.15, 0.2) is 94.5 Å². The molecule has 0 N–H and O–H groups in total. The molecule has 0 atom stereocenters. The van der Waals surface area contributed by atoms with Gasteiger partial charge in [-0.1, -0.05) is 141 Å². The molecule has 0 bridgehead atoms. The first-order chi connectivity index (χ1) is 24.9. The summed E-state index contributed by atoms with van der Waals surface area (Å²) >= 11 is 0. The van der Waals surface area contributed by atoms with Crippen LogP contribution in [0, 0.1) is 0 Å². The molecule has 3 heteroatoms. The molecule has 1 heterocycles. The molecule has 0 aliphatic rings. The van der Waals surface area contributed by atoms with E-state index in [1.807, 2.05) is 0 Å². The van der Waals surface area contributed by atoms with Crippen LogP contribution in [0.25, 0.3) is 86.9 Å². The zero-order chi connectivity index (χ0) is 36.4. The predicted molar refractivity (Wildman–Crippen MR) is 224 cm³/mol. The van der Waals surface area contributed by atoms with Crippen LogP contribution in [-0.2, 0) is 10.8 Å². The number of fused-ring (bicyclic) bond motifs is 3. The maximum absolute atomic E-state index is 15.1. The van der Waals surface area contributed by atoms with Gasteiger partial charge in [0, 0.05) is 6.04 Å². The second-order valence-electron chi connectivity index (χ2n) is 17.3. The van der Waals surface area contributed by atoms with E-state index in [2.05, 4.69) is 140 Å². The van der Waals surface area contributed by atoms with Crippen LogP contribution < -0.4 is 11.1 Å². The van der Waals surface area contributed by atoms with E-state index in [1.54, 1.807) is 4.57 Å². The van der Waals surface area contributed by atoms with Gasteiger partial charge in [-0.15, -0.1) is 0 Å². The summed E-state index contributed by atoms with van der Waals surface area (Å²) in [4.78, 5) is 30.1. The molecule has 9 rings (SSSR count). The summed E-state index contributed by atoms with van der Waals surface area (Å²) in [5.41, 5.74) is 6.66. The van der Waals surface area contributed by atoms with Gasteiger partial charge in [-0.2, -0.15) is 0 Å². The molecule has 52 heavy (non-hydrogen) atoms. The van der Waals surface area contributed by atoms with Crippen molar-refractivity contribution < 1.29 is 0 Å². The van der Waals surface area contributed by atoms with Crippen molar-refractivity contribution in [2.75, 3.05) is 0 Å². The Kier molecular flexibility index (Phi) is 7.10. The molecule has 3 nitrogen and oxygen atoms in total. The zero-order valence-electron chi connectivity index (χ0n) is 31.8. The first kappa shape index (κ1) is 32.9. The summed E-state index contributed by atoms with van der Waals surface area (Å²) in [6.07, 6.45) is 3.44. The van der Waals surface area contributed by atoms with Crippen molar-refractivity contribution in [2.45, 2.75) is 97.9 Å². The maximum Gasteiger partial charge on any atom is 0.262 e. The summed E-state index contributed by atoms with van der Waals surface area (Å²) in [5.74, 6) is 0. The van der Waals surface area contributed by atoms with E-state index in [0.717, 1.165) is 58.4 Å². The normalized spacial score (nSPS) is 13.2. The quantitative estimate of drug-likeness (QED) is 0.157. The second-order valence-corrected chi connectivity index (χ2v) is 17.3. The summed E-state index contributed by atoms with van der Waals surface area (Å²) in [6, 6.07) is 30.9. The van der Waals surface area contributed by atoms with Crippen LogP contribution in [0.4, 0.5) is 0 Å². The standard InChI is InChI=1S/C49H47NO2/c1-9-15-28(16-10-2)50-46(51)44-35-25-33(29-17-11-13-19-37(29)48(3,4)5)31-23-21-27-22-24-32-34(30-18-12-14-20-38(30)49(6,7)8)26-36(45(44)47(50)52)43-41(32)39(27)40(31)42(35)43/h11-14,17-26,28H,9-10,15-16H2,1-8H3. The molecule has 0 amide bonds. The fraction of sp³-hybridized carbons (Fsp3) is 0.306. The van der Waals surface area contributed by atoms with Gasteiger partial charge in [0.2, 0.25) is 0 Å². The molecule has 1 aromatic heterocycles. The zero-order valence-corrected chi connectivity index (χ0v) is 31.8. The Labute approximate surface area is 305 Å². The average molecular weight is 682 g/mol. The van der Waals surface area contributed by atoms with E-state index < -0.39 is 0 Å². The first-order valence-corrected chi connectivity index (χ1v) is 19.2. The molecule has 0 spiro atoms. The molecule has 0 fully saturated rings. The molecule has 8 aromatic carbocycles. The summed E-state index contributed by atoms with van der Waals surface area (Å²) in [5, 5.41) is 12.5. The Morgan fingerprint density at radius 3 is 1.29 bits per heavy atom. The number of nitrogens with zero attached hydrogens (tertiary/aromatic N) is 1. The number of aromatic nitrogens is 1. The second kappa shape index (κ2) is 11.2. The molecule has 260 valence electrons.